The molecule has 0 saturated carbocycles. The summed E-state index contributed by atoms with van der Waals surface area (Å²) in [6, 6.07) is 23.1. The first kappa shape index (κ1) is 16.2. The monoisotopic (exact) mass is 336 g/mol. The van der Waals surface area contributed by atoms with Crippen LogP contribution in [0.25, 0.3) is 38.6 Å². The van der Waals surface area contributed by atoms with Crippen molar-refractivity contribution in [2.75, 3.05) is 0 Å². The molecule has 4 aromatic rings. The van der Waals surface area contributed by atoms with Crippen LogP contribution in [0.3, 0.4) is 0 Å². The topological polar surface area (TPSA) is 13.1 Å². The van der Waals surface area contributed by atoms with E-state index in [1.807, 2.05) is 37.3 Å². The first-order chi connectivity index (χ1) is 12.8. The van der Waals surface area contributed by atoms with Gasteiger partial charge in [-0.15, -0.1) is 0 Å². The van der Waals surface area contributed by atoms with Gasteiger partial charge >= 0.3 is 0 Å². The van der Waals surface area contributed by atoms with Crippen molar-refractivity contribution in [3.63, 3.8) is 0 Å². The molecular weight excluding hydrogens is 316 g/mol. The van der Waals surface area contributed by atoms with Crippen molar-refractivity contribution in [3.05, 3.63) is 103 Å². The van der Waals surface area contributed by atoms with Crippen LogP contribution < -0.4 is 0 Å². The number of hydrogen-bond donors (Lipinski definition) is 0. The number of benzene rings is 3. The van der Waals surface area contributed by atoms with E-state index in [2.05, 4.69) is 67.3 Å². The first-order valence-corrected chi connectivity index (χ1v) is 8.77. The maximum Gasteiger partial charge on any atom is 0.135 e. The van der Waals surface area contributed by atoms with Crippen molar-refractivity contribution in [3.8, 4) is 11.1 Å². The van der Waals surface area contributed by atoms with Gasteiger partial charge in [0.05, 0.1) is 0 Å². The molecule has 26 heavy (non-hydrogen) atoms. The zero-order valence-corrected chi connectivity index (χ0v) is 14.8. The van der Waals surface area contributed by atoms with Crippen molar-refractivity contribution in [1.82, 2.24) is 0 Å². The lowest BCUT2D eigenvalue weighted by Gasteiger charge is -2.03. The largest absolute Gasteiger partial charge is 0.456 e. The van der Waals surface area contributed by atoms with Gasteiger partial charge in [0.2, 0.25) is 0 Å². The molecule has 0 spiro atoms. The third-order valence-corrected chi connectivity index (χ3v) is 4.60. The fourth-order valence-corrected chi connectivity index (χ4v) is 3.25. The van der Waals surface area contributed by atoms with Crippen LogP contribution >= 0.6 is 0 Å². The van der Waals surface area contributed by atoms with Gasteiger partial charge in [-0.2, -0.15) is 0 Å². The van der Waals surface area contributed by atoms with Crippen LogP contribution in [0.5, 0.6) is 0 Å². The quantitative estimate of drug-likeness (QED) is 0.354. The van der Waals surface area contributed by atoms with Gasteiger partial charge in [-0.05, 0) is 53.5 Å². The predicted octanol–water partition coefficient (Wildman–Crippen LogP) is 7.40. The highest BCUT2D eigenvalue weighted by Gasteiger charge is 2.10. The highest BCUT2D eigenvalue weighted by atomic mass is 16.3. The molecule has 3 aromatic carbocycles. The van der Waals surface area contributed by atoms with Crippen LogP contribution in [-0.2, 0) is 0 Å². The molecule has 1 nitrogen and oxygen atoms in total. The number of hydrogen-bond acceptors (Lipinski definition) is 1. The van der Waals surface area contributed by atoms with Gasteiger partial charge in [-0.3, -0.25) is 0 Å². The molecule has 0 fully saturated rings. The third-order valence-electron chi connectivity index (χ3n) is 4.60. The van der Waals surface area contributed by atoms with E-state index in [1.54, 1.807) is 0 Å². The van der Waals surface area contributed by atoms with Crippen molar-refractivity contribution >= 4 is 27.5 Å². The van der Waals surface area contributed by atoms with E-state index in [-0.39, 0.29) is 0 Å². The van der Waals surface area contributed by atoms with Crippen LogP contribution in [0.2, 0.25) is 0 Å². The maximum absolute atomic E-state index is 6.03. The van der Waals surface area contributed by atoms with Gasteiger partial charge in [-0.1, -0.05) is 73.3 Å². The molecule has 0 bridgehead atoms. The van der Waals surface area contributed by atoms with E-state index in [0.29, 0.717) is 0 Å². The summed E-state index contributed by atoms with van der Waals surface area (Å²) in [6.45, 7) is 5.96. The third kappa shape index (κ3) is 2.89. The number of furan rings is 1. The van der Waals surface area contributed by atoms with Crippen LogP contribution in [0, 0.1) is 0 Å². The summed E-state index contributed by atoms with van der Waals surface area (Å²) in [5.41, 5.74) is 6.45. The Bertz CT molecular complexity index is 1140. The minimum atomic E-state index is 0.906. The summed E-state index contributed by atoms with van der Waals surface area (Å²) in [5, 5.41) is 2.26. The van der Waals surface area contributed by atoms with Crippen LogP contribution in [-0.4, -0.2) is 0 Å². The minimum absolute atomic E-state index is 0.906. The molecule has 0 radical (unpaired) electrons. The molecular formula is C25H20O. The van der Waals surface area contributed by atoms with Crippen molar-refractivity contribution in [2.45, 2.75) is 6.92 Å². The van der Waals surface area contributed by atoms with E-state index in [9.17, 15) is 0 Å². The van der Waals surface area contributed by atoms with E-state index in [0.717, 1.165) is 33.1 Å². The second kappa shape index (κ2) is 6.89. The molecule has 1 heteroatoms. The Hall–Kier alpha value is -3.32. The lowest BCUT2D eigenvalue weighted by atomic mass is 10.00. The summed E-state index contributed by atoms with van der Waals surface area (Å²) in [7, 11) is 0. The van der Waals surface area contributed by atoms with Gasteiger partial charge in [-0.25, -0.2) is 0 Å². The normalized spacial score (nSPS) is 12.3. The van der Waals surface area contributed by atoms with Gasteiger partial charge in [0.1, 0.15) is 11.2 Å². The molecule has 126 valence electrons. The van der Waals surface area contributed by atoms with E-state index < -0.39 is 0 Å². The summed E-state index contributed by atoms with van der Waals surface area (Å²) in [5.74, 6) is 0. The maximum atomic E-state index is 6.03. The Labute approximate surface area is 153 Å². The predicted molar refractivity (Wildman–Crippen MR) is 112 cm³/mol. The van der Waals surface area contributed by atoms with Gasteiger partial charge in [0, 0.05) is 10.8 Å². The van der Waals surface area contributed by atoms with E-state index in [1.165, 1.54) is 11.1 Å². The molecule has 0 N–H and O–H groups in total. The molecule has 0 amide bonds. The van der Waals surface area contributed by atoms with Gasteiger partial charge in [0.25, 0.3) is 0 Å². The highest BCUT2D eigenvalue weighted by Crippen LogP contribution is 2.34. The molecule has 4 rings (SSSR count). The average molecular weight is 336 g/mol. The molecule has 0 aliphatic rings. The van der Waals surface area contributed by atoms with E-state index in [4.69, 9.17) is 4.42 Å². The lowest BCUT2D eigenvalue weighted by Crippen LogP contribution is -1.80. The first-order valence-electron chi connectivity index (χ1n) is 8.77. The molecule has 0 aliphatic heterocycles. The van der Waals surface area contributed by atoms with E-state index >= 15 is 0 Å². The Kier molecular flexibility index (Phi) is 4.28. The Morgan fingerprint density at radius 2 is 1.58 bits per heavy atom. The van der Waals surface area contributed by atoms with Crippen molar-refractivity contribution < 1.29 is 4.42 Å². The molecule has 0 aliphatic carbocycles. The zero-order valence-electron chi connectivity index (χ0n) is 14.8. The van der Waals surface area contributed by atoms with Gasteiger partial charge in [0.15, 0.2) is 0 Å². The summed E-state index contributed by atoms with van der Waals surface area (Å²) in [4.78, 5) is 0. The molecule has 0 saturated heterocycles. The highest BCUT2D eigenvalue weighted by molar-refractivity contribution is 6.07. The second-order valence-corrected chi connectivity index (χ2v) is 6.24. The standard InChI is InChI=1S/C25H20O/c1-3-5-9-18(4-2)20-12-14-24-22(16-20)23-17-21(13-15-25(23)26-24)19-10-7-6-8-11-19/h3-17H,2H2,1H3/b5-3-,18-9+. The summed E-state index contributed by atoms with van der Waals surface area (Å²) < 4.78 is 6.03. The number of allylic oxidation sites excluding steroid dienone is 5. The number of fused-ring (bicyclic) bond motifs is 3. The van der Waals surface area contributed by atoms with Crippen molar-refractivity contribution in [2.24, 2.45) is 0 Å². The molecule has 0 unspecified atom stereocenters. The Balaban J connectivity index is 1.91. The number of rotatable bonds is 4. The van der Waals surface area contributed by atoms with Crippen molar-refractivity contribution in [1.29, 1.82) is 0 Å². The smallest absolute Gasteiger partial charge is 0.135 e. The SMILES string of the molecule is C=C/C(=C\C=C/C)c1ccc2oc3ccc(-c4ccccc4)cc3c2c1. The zero-order chi connectivity index (χ0) is 17.9. The van der Waals surface area contributed by atoms with Crippen LogP contribution in [0.15, 0.2) is 102 Å². The Morgan fingerprint density at radius 3 is 2.31 bits per heavy atom. The Morgan fingerprint density at radius 1 is 0.846 bits per heavy atom. The van der Waals surface area contributed by atoms with Gasteiger partial charge < -0.3 is 4.42 Å². The van der Waals surface area contributed by atoms with Crippen LogP contribution in [0.4, 0.5) is 0 Å². The molecule has 0 atom stereocenters. The molecule has 1 heterocycles. The van der Waals surface area contributed by atoms with Crippen LogP contribution in [0.1, 0.15) is 12.5 Å². The average Bonchev–Trinajstić information content (AvgIpc) is 3.06. The summed E-state index contributed by atoms with van der Waals surface area (Å²) >= 11 is 0. The second-order valence-electron chi connectivity index (χ2n) is 6.24. The minimum Gasteiger partial charge on any atom is -0.456 e. The fourth-order valence-electron chi connectivity index (χ4n) is 3.25. The lowest BCUT2D eigenvalue weighted by molar-refractivity contribution is 0.669. The fraction of sp³-hybridized carbons (Fsp3) is 0.0400. The molecule has 1 aromatic heterocycles. The summed E-state index contributed by atoms with van der Waals surface area (Å²) in [6.07, 6.45) is 8.01.